The van der Waals surface area contributed by atoms with E-state index in [0.29, 0.717) is 12.0 Å². The highest BCUT2D eigenvalue weighted by atomic mass is 16.5. The summed E-state index contributed by atoms with van der Waals surface area (Å²) in [6, 6.07) is 16.4. The molecule has 26 heavy (non-hydrogen) atoms. The van der Waals surface area contributed by atoms with Gasteiger partial charge in [-0.2, -0.15) is 5.10 Å². The van der Waals surface area contributed by atoms with Crippen LogP contribution < -0.4 is 4.90 Å². The maximum Gasteiger partial charge on any atom is 0.329 e. The number of methoxy groups -OCH3 is 1. The van der Waals surface area contributed by atoms with Crippen LogP contribution in [0.15, 0.2) is 67.0 Å². The summed E-state index contributed by atoms with van der Waals surface area (Å²) in [4.78, 5) is 26.9. The number of para-hydroxylation sites is 2. The Bertz CT molecular complexity index is 965. The first-order valence-electron chi connectivity index (χ1n) is 8.28. The SMILES string of the molecule is COC(=O)C1Cc2ccccc2N1C(=O)c1cnn(-c2ccccc2)c1. The van der Waals surface area contributed by atoms with Gasteiger partial charge in [0, 0.05) is 18.3 Å². The molecule has 0 saturated heterocycles. The summed E-state index contributed by atoms with van der Waals surface area (Å²) in [7, 11) is 1.33. The fourth-order valence-corrected chi connectivity index (χ4v) is 3.26. The van der Waals surface area contributed by atoms with Crippen LogP contribution in [0.5, 0.6) is 0 Å². The van der Waals surface area contributed by atoms with Crippen molar-refractivity contribution in [3.05, 3.63) is 78.1 Å². The van der Waals surface area contributed by atoms with Crippen LogP contribution in [-0.2, 0) is 16.0 Å². The minimum Gasteiger partial charge on any atom is -0.467 e. The lowest BCUT2D eigenvalue weighted by atomic mass is 10.1. The number of hydrogen-bond donors (Lipinski definition) is 0. The highest BCUT2D eigenvalue weighted by Gasteiger charge is 2.39. The van der Waals surface area contributed by atoms with E-state index in [1.54, 1.807) is 10.9 Å². The van der Waals surface area contributed by atoms with Gasteiger partial charge in [0.25, 0.3) is 5.91 Å². The number of carbonyl (C=O) groups is 2. The zero-order chi connectivity index (χ0) is 18.1. The summed E-state index contributed by atoms with van der Waals surface area (Å²) in [5, 5.41) is 4.28. The van der Waals surface area contributed by atoms with Crippen molar-refractivity contribution in [2.24, 2.45) is 0 Å². The Balaban J connectivity index is 1.70. The van der Waals surface area contributed by atoms with Crippen LogP contribution in [0.3, 0.4) is 0 Å². The number of amides is 1. The van der Waals surface area contributed by atoms with Crippen LogP contribution in [0.2, 0.25) is 0 Å². The van der Waals surface area contributed by atoms with Crippen molar-refractivity contribution in [1.29, 1.82) is 0 Å². The Hall–Kier alpha value is -3.41. The number of ether oxygens (including phenoxy) is 1. The quantitative estimate of drug-likeness (QED) is 0.683. The Morgan fingerprint density at radius 1 is 1.08 bits per heavy atom. The molecule has 1 aromatic heterocycles. The van der Waals surface area contributed by atoms with Crippen molar-refractivity contribution < 1.29 is 14.3 Å². The molecule has 0 saturated carbocycles. The summed E-state index contributed by atoms with van der Waals surface area (Å²) in [6.45, 7) is 0. The van der Waals surface area contributed by atoms with E-state index >= 15 is 0 Å². The number of esters is 1. The third-order valence-corrected chi connectivity index (χ3v) is 4.52. The van der Waals surface area contributed by atoms with Gasteiger partial charge in [0.15, 0.2) is 0 Å². The fourth-order valence-electron chi connectivity index (χ4n) is 3.26. The second kappa shape index (κ2) is 6.48. The van der Waals surface area contributed by atoms with Crippen molar-refractivity contribution in [3.63, 3.8) is 0 Å². The molecular formula is C20H17N3O3. The standard InChI is InChI=1S/C20H17N3O3/c1-26-20(25)18-11-14-7-5-6-10-17(14)23(18)19(24)15-12-21-22(13-15)16-8-3-2-4-9-16/h2-10,12-13,18H,11H2,1H3. The van der Waals surface area contributed by atoms with E-state index in [9.17, 15) is 9.59 Å². The zero-order valence-corrected chi connectivity index (χ0v) is 14.2. The van der Waals surface area contributed by atoms with Crippen molar-refractivity contribution in [2.45, 2.75) is 12.5 Å². The molecule has 6 nitrogen and oxygen atoms in total. The molecule has 130 valence electrons. The van der Waals surface area contributed by atoms with Gasteiger partial charge in [-0.1, -0.05) is 36.4 Å². The molecule has 1 aliphatic rings. The van der Waals surface area contributed by atoms with Crippen molar-refractivity contribution >= 4 is 17.6 Å². The molecule has 6 heteroatoms. The van der Waals surface area contributed by atoms with E-state index in [-0.39, 0.29) is 5.91 Å². The molecule has 0 radical (unpaired) electrons. The second-order valence-corrected chi connectivity index (χ2v) is 6.06. The van der Waals surface area contributed by atoms with Crippen molar-refractivity contribution in [2.75, 3.05) is 12.0 Å². The van der Waals surface area contributed by atoms with Crippen LogP contribution in [0.1, 0.15) is 15.9 Å². The molecule has 0 bridgehead atoms. The average Bonchev–Trinajstić information content (AvgIpc) is 3.32. The van der Waals surface area contributed by atoms with Crippen LogP contribution >= 0.6 is 0 Å². The molecule has 1 atom stereocenters. The maximum absolute atomic E-state index is 13.1. The Kier molecular flexibility index (Phi) is 4.01. The summed E-state index contributed by atoms with van der Waals surface area (Å²) in [5.74, 6) is -0.697. The second-order valence-electron chi connectivity index (χ2n) is 6.06. The van der Waals surface area contributed by atoms with Crippen LogP contribution in [0.25, 0.3) is 5.69 Å². The molecule has 3 aromatic rings. The third-order valence-electron chi connectivity index (χ3n) is 4.52. The average molecular weight is 347 g/mol. The Morgan fingerprint density at radius 2 is 1.81 bits per heavy atom. The van der Waals surface area contributed by atoms with Gasteiger partial charge in [-0.3, -0.25) is 9.69 Å². The molecule has 0 fully saturated rings. The number of nitrogens with zero attached hydrogens (tertiary/aromatic N) is 3. The van der Waals surface area contributed by atoms with E-state index < -0.39 is 12.0 Å². The number of rotatable bonds is 3. The molecule has 1 aliphatic heterocycles. The number of aromatic nitrogens is 2. The normalized spacial score (nSPS) is 15.6. The van der Waals surface area contributed by atoms with Gasteiger partial charge in [-0.15, -0.1) is 0 Å². The van der Waals surface area contributed by atoms with Gasteiger partial charge in [0.05, 0.1) is 24.6 Å². The molecule has 1 unspecified atom stereocenters. The highest BCUT2D eigenvalue weighted by molar-refractivity contribution is 6.10. The molecular weight excluding hydrogens is 330 g/mol. The predicted molar refractivity (Wildman–Crippen MR) is 96.3 cm³/mol. The lowest BCUT2D eigenvalue weighted by Crippen LogP contribution is -2.43. The summed E-state index contributed by atoms with van der Waals surface area (Å²) < 4.78 is 6.54. The number of fused-ring (bicyclic) bond motifs is 1. The first-order chi connectivity index (χ1) is 12.7. The van der Waals surface area contributed by atoms with Gasteiger partial charge >= 0.3 is 5.97 Å². The van der Waals surface area contributed by atoms with Crippen LogP contribution in [0, 0.1) is 0 Å². The molecule has 4 rings (SSSR count). The highest BCUT2D eigenvalue weighted by Crippen LogP contribution is 2.33. The lowest BCUT2D eigenvalue weighted by Gasteiger charge is -2.23. The number of carbonyl (C=O) groups excluding carboxylic acids is 2. The summed E-state index contributed by atoms with van der Waals surface area (Å²) in [6.07, 6.45) is 3.64. The van der Waals surface area contributed by atoms with Gasteiger partial charge in [-0.25, -0.2) is 9.48 Å². The van der Waals surface area contributed by atoms with Crippen LogP contribution in [-0.4, -0.2) is 34.8 Å². The smallest absolute Gasteiger partial charge is 0.329 e. The van der Waals surface area contributed by atoms with E-state index in [4.69, 9.17) is 4.74 Å². The Labute approximate surface area is 150 Å². The topological polar surface area (TPSA) is 64.4 Å². The number of hydrogen-bond acceptors (Lipinski definition) is 4. The zero-order valence-electron chi connectivity index (χ0n) is 14.2. The lowest BCUT2D eigenvalue weighted by molar-refractivity contribution is -0.141. The minimum absolute atomic E-state index is 0.271. The molecule has 2 heterocycles. The maximum atomic E-state index is 13.1. The number of benzene rings is 2. The first kappa shape index (κ1) is 16.1. The van der Waals surface area contributed by atoms with Gasteiger partial charge in [0.2, 0.25) is 0 Å². The first-order valence-corrected chi connectivity index (χ1v) is 8.28. The van der Waals surface area contributed by atoms with Crippen molar-refractivity contribution in [1.82, 2.24) is 9.78 Å². The van der Waals surface area contributed by atoms with E-state index in [1.807, 2.05) is 54.6 Å². The molecule has 0 aliphatic carbocycles. The minimum atomic E-state index is -0.662. The largest absolute Gasteiger partial charge is 0.467 e. The van der Waals surface area contributed by atoms with Gasteiger partial charge in [0.1, 0.15) is 6.04 Å². The van der Waals surface area contributed by atoms with E-state index in [2.05, 4.69) is 5.10 Å². The van der Waals surface area contributed by atoms with Gasteiger partial charge < -0.3 is 4.74 Å². The third kappa shape index (κ3) is 2.65. The van der Waals surface area contributed by atoms with E-state index in [1.165, 1.54) is 18.2 Å². The molecule has 0 N–H and O–H groups in total. The monoisotopic (exact) mass is 347 g/mol. The van der Waals surface area contributed by atoms with Crippen LogP contribution in [0.4, 0.5) is 5.69 Å². The van der Waals surface area contributed by atoms with Gasteiger partial charge in [-0.05, 0) is 23.8 Å². The summed E-state index contributed by atoms with van der Waals surface area (Å²) >= 11 is 0. The fraction of sp³-hybridized carbons (Fsp3) is 0.150. The predicted octanol–water partition coefficient (Wildman–Crippen LogP) is 2.62. The van der Waals surface area contributed by atoms with Crippen molar-refractivity contribution in [3.8, 4) is 5.69 Å². The summed E-state index contributed by atoms with van der Waals surface area (Å²) in [5.41, 5.74) is 2.96. The number of anilines is 1. The Morgan fingerprint density at radius 3 is 2.58 bits per heavy atom. The van der Waals surface area contributed by atoms with E-state index in [0.717, 1.165) is 16.9 Å². The molecule has 1 amide bonds. The molecule has 0 spiro atoms. The molecule has 2 aromatic carbocycles.